The topological polar surface area (TPSA) is 76.0 Å². The molecule has 11 heteroatoms. The van der Waals surface area contributed by atoms with Gasteiger partial charge in [0, 0.05) is 61.2 Å². The fraction of sp³-hybridized carbons (Fsp3) is 0.414. The Morgan fingerprint density at radius 1 is 1.20 bits per heavy atom. The summed E-state index contributed by atoms with van der Waals surface area (Å²) in [4.78, 5) is 29.8. The number of hydrogen-bond donors (Lipinski definition) is 1. The third-order valence-corrected chi connectivity index (χ3v) is 9.25. The quantitative estimate of drug-likeness (QED) is 0.460. The van der Waals surface area contributed by atoms with Gasteiger partial charge in [-0.1, -0.05) is 24.2 Å². The number of hydrogen-bond acceptors (Lipinski definition) is 7. The largest absolute Gasteiger partial charge is 0.507 e. The Balaban J connectivity index is 1.46. The number of rotatable bonds is 5. The molecule has 8 nitrogen and oxygen atoms in total. The third-order valence-electron chi connectivity index (χ3n) is 8.95. The van der Waals surface area contributed by atoms with Crippen molar-refractivity contribution in [3.63, 3.8) is 0 Å². The van der Waals surface area contributed by atoms with E-state index in [-0.39, 0.29) is 39.0 Å². The van der Waals surface area contributed by atoms with Gasteiger partial charge in [-0.2, -0.15) is 4.98 Å². The van der Waals surface area contributed by atoms with Crippen LogP contribution in [0, 0.1) is 17.0 Å². The van der Waals surface area contributed by atoms with Crippen LogP contribution in [0.3, 0.4) is 0 Å². The summed E-state index contributed by atoms with van der Waals surface area (Å²) in [5.41, 5.74) is -0.634. The average molecular weight is 569 g/mol. The molecule has 3 aromatic rings. The van der Waals surface area contributed by atoms with Gasteiger partial charge in [-0.3, -0.25) is 4.79 Å². The Morgan fingerprint density at radius 3 is 2.60 bits per heavy atom. The number of nitrogens with zero attached hydrogens (tertiary/aromatic N) is 6. The van der Waals surface area contributed by atoms with Crippen LogP contribution < -0.4 is 9.80 Å². The predicted octanol–water partition coefficient (Wildman–Crippen LogP) is 4.30. The summed E-state index contributed by atoms with van der Waals surface area (Å²) in [6.07, 6.45) is 2.18. The van der Waals surface area contributed by atoms with Crippen molar-refractivity contribution in [2.75, 3.05) is 56.6 Å². The summed E-state index contributed by atoms with van der Waals surface area (Å²) in [6.45, 7) is 8.95. The highest BCUT2D eigenvalue weighted by molar-refractivity contribution is 6.34. The first kappa shape index (κ1) is 26.7. The third kappa shape index (κ3) is 3.99. The molecule has 2 unspecified atom stereocenters. The van der Waals surface area contributed by atoms with Crippen molar-refractivity contribution in [3.05, 3.63) is 53.6 Å². The molecule has 40 heavy (non-hydrogen) atoms. The van der Waals surface area contributed by atoms with Crippen molar-refractivity contribution in [2.24, 2.45) is 5.41 Å². The van der Waals surface area contributed by atoms with Crippen molar-refractivity contribution < 1.29 is 18.7 Å². The van der Waals surface area contributed by atoms with Crippen LogP contribution in [-0.4, -0.2) is 89.7 Å². The highest BCUT2D eigenvalue weighted by Gasteiger charge is 2.55. The lowest BCUT2D eigenvalue weighted by molar-refractivity contribution is -0.145. The minimum atomic E-state index is -0.814. The summed E-state index contributed by atoms with van der Waals surface area (Å²) in [5, 5.41) is 10.8. The van der Waals surface area contributed by atoms with Crippen molar-refractivity contribution >= 4 is 40.2 Å². The maximum absolute atomic E-state index is 16.3. The van der Waals surface area contributed by atoms with Crippen molar-refractivity contribution in [1.29, 1.82) is 0 Å². The minimum absolute atomic E-state index is 0.0152. The molecule has 1 amide bonds. The number of likely N-dealkylation sites (N-methyl/N-ethyl adjacent to an activating group) is 1. The van der Waals surface area contributed by atoms with Gasteiger partial charge in [-0.25, -0.2) is 13.8 Å². The van der Waals surface area contributed by atoms with Gasteiger partial charge in [-0.15, -0.1) is 0 Å². The van der Waals surface area contributed by atoms with E-state index in [1.807, 2.05) is 30.8 Å². The molecule has 0 aliphatic carbocycles. The van der Waals surface area contributed by atoms with Crippen molar-refractivity contribution in [2.45, 2.75) is 25.4 Å². The Hall–Kier alpha value is -3.50. The number of benzene rings is 2. The number of phenolic OH excluding ortho intramolecular Hbond substituents is 1. The van der Waals surface area contributed by atoms with Crippen LogP contribution in [0.2, 0.25) is 5.02 Å². The van der Waals surface area contributed by atoms with Crippen molar-refractivity contribution in [1.82, 2.24) is 19.8 Å². The number of aromatic hydroxyl groups is 1. The van der Waals surface area contributed by atoms with E-state index < -0.39 is 17.4 Å². The molecule has 4 heterocycles. The monoisotopic (exact) mass is 568 g/mol. The zero-order valence-electron chi connectivity index (χ0n) is 22.7. The first-order valence-electron chi connectivity index (χ1n) is 13.3. The molecule has 3 fully saturated rings. The molecule has 1 aromatic heterocycles. The molecule has 3 aliphatic heterocycles. The van der Waals surface area contributed by atoms with Gasteiger partial charge in [0.1, 0.15) is 22.9 Å². The molecule has 2 atom stereocenters. The van der Waals surface area contributed by atoms with Crippen LogP contribution >= 0.6 is 11.6 Å². The van der Waals surface area contributed by atoms with E-state index in [2.05, 4.69) is 21.4 Å². The second-order valence-electron chi connectivity index (χ2n) is 11.3. The highest BCUT2D eigenvalue weighted by atomic mass is 35.5. The van der Waals surface area contributed by atoms with Gasteiger partial charge in [0.2, 0.25) is 11.9 Å². The number of carbonyl (C=O) groups excluding carboxylic acids is 1. The maximum atomic E-state index is 16.3. The van der Waals surface area contributed by atoms with Crippen LogP contribution in [0.5, 0.6) is 5.75 Å². The number of carbonyl (C=O) groups is 1. The molecular weight excluding hydrogens is 538 g/mol. The molecule has 0 bridgehead atoms. The molecule has 1 N–H and O–H groups in total. The van der Waals surface area contributed by atoms with Crippen LogP contribution in [0.15, 0.2) is 36.9 Å². The summed E-state index contributed by atoms with van der Waals surface area (Å²) in [7, 11) is 4.01. The maximum Gasteiger partial charge on any atom is 0.246 e. The number of aromatic nitrogens is 2. The predicted molar refractivity (Wildman–Crippen MR) is 152 cm³/mol. The number of amides is 1. The Bertz CT molecular complexity index is 1520. The Kier molecular flexibility index (Phi) is 6.38. The lowest BCUT2D eigenvalue weighted by Gasteiger charge is -2.54. The summed E-state index contributed by atoms with van der Waals surface area (Å²) in [5.74, 6) is -1.16. The molecule has 3 aliphatic rings. The van der Waals surface area contributed by atoms with E-state index in [9.17, 15) is 14.3 Å². The van der Waals surface area contributed by atoms with Gasteiger partial charge >= 0.3 is 0 Å². The van der Waals surface area contributed by atoms with E-state index in [1.54, 1.807) is 6.07 Å². The Labute approximate surface area is 236 Å². The number of phenols is 1. The van der Waals surface area contributed by atoms with E-state index in [1.165, 1.54) is 18.2 Å². The summed E-state index contributed by atoms with van der Waals surface area (Å²) >= 11 is 6.59. The van der Waals surface area contributed by atoms with E-state index in [0.717, 1.165) is 12.5 Å². The molecule has 210 valence electrons. The van der Waals surface area contributed by atoms with E-state index >= 15 is 4.39 Å². The van der Waals surface area contributed by atoms with Gasteiger partial charge in [0.25, 0.3) is 0 Å². The van der Waals surface area contributed by atoms with Gasteiger partial charge < -0.3 is 24.7 Å². The standard InChI is InChI=1S/C29H31ClF2N6O2/c1-5-22(40)38-15-29(16(38)2)9-10-36(14-29)27-18-11-19(30)23(24-20(31)7-6-8-21(24)39)25(32)26(18)33-28(34-27)37-12-17(13-37)35(3)4/h5-8,11,16-17,39H,1,9-10,12-15H2,2-4H3. The van der Waals surface area contributed by atoms with Gasteiger partial charge in [0.15, 0.2) is 5.82 Å². The Morgan fingerprint density at radius 2 is 1.95 bits per heavy atom. The fourth-order valence-electron chi connectivity index (χ4n) is 6.24. The lowest BCUT2D eigenvalue weighted by atomic mass is 9.71. The van der Waals surface area contributed by atoms with Crippen LogP contribution in [0.1, 0.15) is 13.3 Å². The highest BCUT2D eigenvalue weighted by Crippen LogP contribution is 2.48. The number of halogens is 3. The van der Waals surface area contributed by atoms with Crippen LogP contribution in [-0.2, 0) is 4.79 Å². The minimum Gasteiger partial charge on any atom is -0.507 e. The number of fused-ring (bicyclic) bond motifs is 1. The van der Waals surface area contributed by atoms with Gasteiger partial charge in [-0.05, 0) is 51.7 Å². The molecule has 0 radical (unpaired) electrons. The molecule has 2 aromatic carbocycles. The van der Waals surface area contributed by atoms with E-state index in [4.69, 9.17) is 16.6 Å². The molecular formula is C29H31ClF2N6O2. The van der Waals surface area contributed by atoms with Crippen molar-refractivity contribution in [3.8, 4) is 16.9 Å². The number of likely N-dealkylation sites (tertiary alicyclic amines) is 1. The second-order valence-corrected chi connectivity index (χ2v) is 11.7. The summed E-state index contributed by atoms with van der Waals surface area (Å²) in [6, 6.07) is 5.70. The molecule has 1 spiro atoms. The molecule has 6 rings (SSSR count). The van der Waals surface area contributed by atoms with E-state index in [0.29, 0.717) is 55.9 Å². The second kappa shape index (κ2) is 9.55. The zero-order valence-corrected chi connectivity index (χ0v) is 23.4. The molecule has 3 saturated heterocycles. The first-order valence-corrected chi connectivity index (χ1v) is 13.7. The molecule has 0 saturated carbocycles. The lowest BCUT2D eigenvalue weighted by Crippen LogP contribution is -2.65. The first-order chi connectivity index (χ1) is 19.0. The van der Waals surface area contributed by atoms with Crippen LogP contribution in [0.25, 0.3) is 22.0 Å². The van der Waals surface area contributed by atoms with Crippen LogP contribution in [0.4, 0.5) is 20.5 Å². The fourth-order valence-corrected chi connectivity index (χ4v) is 6.53. The zero-order chi connectivity index (χ0) is 28.5. The number of anilines is 2. The smallest absolute Gasteiger partial charge is 0.246 e. The average Bonchev–Trinajstić information content (AvgIpc) is 3.34. The van der Waals surface area contributed by atoms with Gasteiger partial charge in [0.05, 0.1) is 10.6 Å². The SMILES string of the molecule is C=CC(=O)N1CC2(CCN(c3nc(N4CC(N(C)C)C4)nc4c(F)c(-c5c(O)cccc5F)c(Cl)cc34)C2)C1C. The normalized spacial score (nSPS) is 22.8. The summed E-state index contributed by atoms with van der Waals surface area (Å²) < 4.78 is 31.2.